The maximum Gasteiger partial charge on any atom is 0.251 e. The summed E-state index contributed by atoms with van der Waals surface area (Å²) >= 11 is 0. The Hall–Kier alpha value is -2.17. The van der Waals surface area contributed by atoms with Gasteiger partial charge >= 0.3 is 0 Å². The van der Waals surface area contributed by atoms with E-state index in [1.165, 1.54) is 0 Å². The summed E-state index contributed by atoms with van der Waals surface area (Å²) in [4.78, 5) is 12.3. The van der Waals surface area contributed by atoms with Crippen molar-refractivity contribution in [3.05, 3.63) is 71.3 Å². The molecule has 0 bridgehead atoms. The Morgan fingerprint density at radius 1 is 1.13 bits per heavy atom. The highest BCUT2D eigenvalue weighted by atomic mass is 16.3. The first-order valence-electron chi connectivity index (χ1n) is 7.95. The Bertz CT molecular complexity index is 664. The smallest absolute Gasteiger partial charge is 0.251 e. The average molecular weight is 310 g/mol. The summed E-state index contributed by atoms with van der Waals surface area (Å²) in [6.07, 6.45) is 1.31. The molecule has 4 heteroatoms. The van der Waals surface area contributed by atoms with E-state index in [0.29, 0.717) is 18.7 Å². The van der Waals surface area contributed by atoms with Crippen molar-refractivity contribution < 1.29 is 9.90 Å². The monoisotopic (exact) mass is 310 g/mol. The number of aliphatic hydroxyl groups is 1. The van der Waals surface area contributed by atoms with Gasteiger partial charge in [0.25, 0.3) is 5.91 Å². The minimum absolute atomic E-state index is 0.111. The first-order chi connectivity index (χ1) is 11.1. The lowest BCUT2D eigenvalue weighted by Gasteiger charge is -2.23. The summed E-state index contributed by atoms with van der Waals surface area (Å²) < 4.78 is 0. The standard InChI is InChI=1S/C19H22N2O2/c20-12-14-6-8-16(9-7-14)18(23)21-13-19(10-11-19)17(22)15-4-2-1-3-5-15/h1-9,17,22H,10-13,20H2,(H,21,23). The van der Waals surface area contributed by atoms with E-state index in [0.717, 1.165) is 24.0 Å². The second kappa shape index (κ2) is 6.52. The second-order valence-electron chi connectivity index (χ2n) is 6.26. The number of nitrogens with one attached hydrogen (secondary N) is 1. The number of hydrogen-bond donors (Lipinski definition) is 3. The summed E-state index contributed by atoms with van der Waals surface area (Å²) in [6.45, 7) is 0.953. The number of amides is 1. The Labute approximate surface area is 136 Å². The Morgan fingerprint density at radius 2 is 1.78 bits per heavy atom. The van der Waals surface area contributed by atoms with Crippen molar-refractivity contribution in [3.63, 3.8) is 0 Å². The number of rotatable bonds is 6. The van der Waals surface area contributed by atoms with Gasteiger partial charge in [0.05, 0.1) is 6.10 Å². The van der Waals surface area contributed by atoms with Gasteiger partial charge in [-0.3, -0.25) is 4.79 Å². The van der Waals surface area contributed by atoms with E-state index < -0.39 is 6.10 Å². The van der Waals surface area contributed by atoms with E-state index in [4.69, 9.17) is 5.73 Å². The van der Waals surface area contributed by atoms with Crippen molar-refractivity contribution in [1.29, 1.82) is 0 Å². The zero-order valence-electron chi connectivity index (χ0n) is 13.0. The average Bonchev–Trinajstić information content (AvgIpc) is 3.41. The molecule has 0 aromatic heterocycles. The van der Waals surface area contributed by atoms with Crippen LogP contribution < -0.4 is 11.1 Å². The molecule has 1 amide bonds. The Kier molecular flexibility index (Phi) is 4.46. The highest BCUT2D eigenvalue weighted by molar-refractivity contribution is 5.94. The van der Waals surface area contributed by atoms with E-state index in [1.54, 1.807) is 12.1 Å². The van der Waals surface area contributed by atoms with Crippen molar-refractivity contribution in [2.45, 2.75) is 25.5 Å². The largest absolute Gasteiger partial charge is 0.388 e. The molecular weight excluding hydrogens is 288 g/mol. The van der Waals surface area contributed by atoms with Gasteiger partial charge in [-0.25, -0.2) is 0 Å². The molecule has 0 saturated heterocycles. The van der Waals surface area contributed by atoms with E-state index in [9.17, 15) is 9.90 Å². The number of benzene rings is 2. The first kappa shape index (κ1) is 15.7. The van der Waals surface area contributed by atoms with Crippen LogP contribution in [0.25, 0.3) is 0 Å². The summed E-state index contributed by atoms with van der Waals surface area (Å²) in [5, 5.41) is 13.6. The molecule has 1 fully saturated rings. The van der Waals surface area contributed by atoms with Crippen LogP contribution in [0.15, 0.2) is 54.6 Å². The van der Waals surface area contributed by atoms with Crippen molar-refractivity contribution in [2.75, 3.05) is 6.54 Å². The van der Waals surface area contributed by atoms with Crippen LogP contribution in [-0.2, 0) is 6.54 Å². The highest BCUT2D eigenvalue weighted by Crippen LogP contribution is 2.54. The summed E-state index contributed by atoms with van der Waals surface area (Å²) in [6, 6.07) is 16.9. The normalized spacial score (nSPS) is 16.6. The van der Waals surface area contributed by atoms with Crippen LogP contribution in [0.2, 0.25) is 0 Å². The van der Waals surface area contributed by atoms with Crippen LogP contribution in [-0.4, -0.2) is 17.6 Å². The number of nitrogens with two attached hydrogens (primary N) is 1. The predicted octanol–water partition coefficient (Wildman–Crippen LogP) is 2.39. The molecule has 1 aliphatic carbocycles. The lowest BCUT2D eigenvalue weighted by Crippen LogP contribution is -2.33. The molecule has 0 aliphatic heterocycles. The first-order valence-corrected chi connectivity index (χ1v) is 7.95. The molecule has 120 valence electrons. The van der Waals surface area contributed by atoms with Gasteiger partial charge in [-0.15, -0.1) is 0 Å². The molecule has 2 aromatic rings. The molecule has 1 aliphatic rings. The summed E-state index contributed by atoms with van der Waals surface area (Å²) in [5.41, 5.74) is 7.86. The fraction of sp³-hybridized carbons (Fsp3) is 0.316. The van der Waals surface area contributed by atoms with Crippen LogP contribution >= 0.6 is 0 Å². The van der Waals surface area contributed by atoms with Gasteiger partial charge in [-0.05, 0) is 36.1 Å². The maximum absolute atomic E-state index is 12.3. The fourth-order valence-corrected chi connectivity index (χ4v) is 2.85. The van der Waals surface area contributed by atoms with Crippen molar-refractivity contribution >= 4 is 5.91 Å². The molecule has 0 radical (unpaired) electrons. The SMILES string of the molecule is NCc1ccc(C(=O)NCC2(C(O)c3ccccc3)CC2)cc1. The zero-order chi connectivity index (χ0) is 16.3. The van der Waals surface area contributed by atoms with Crippen LogP contribution in [0, 0.1) is 5.41 Å². The van der Waals surface area contributed by atoms with E-state index in [2.05, 4.69) is 5.32 Å². The van der Waals surface area contributed by atoms with Crippen molar-refractivity contribution in [2.24, 2.45) is 11.1 Å². The number of aliphatic hydroxyl groups excluding tert-OH is 1. The van der Waals surface area contributed by atoms with Gasteiger partial charge in [-0.2, -0.15) is 0 Å². The minimum atomic E-state index is -0.538. The van der Waals surface area contributed by atoms with Gasteiger partial charge in [0.15, 0.2) is 0 Å². The van der Waals surface area contributed by atoms with E-state index >= 15 is 0 Å². The molecule has 4 nitrogen and oxygen atoms in total. The second-order valence-corrected chi connectivity index (χ2v) is 6.26. The van der Waals surface area contributed by atoms with Crippen molar-refractivity contribution in [3.8, 4) is 0 Å². The molecule has 2 aromatic carbocycles. The molecule has 0 heterocycles. The van der Waals surface area contributed by atoms with E-state index in [1.807, 2.05) is 42.5 Å². The molecule has 1 saturated carbocycles. The zero-order valence-corrected chi connectivity index (χ0v) is 13.0. The fourth-order valence-electron chi connectivity index (χ4n) is 2.85. The summed E-state index contributed by atoms with van der Waals surface area (Å²) in [7, 11) is 0. The molecule has 4 N–H and O–H groups in total. The highest BCUT2D eigenvalue weighted by Gasteiger charge is 2.49. The lowest BCUT2D eigenvalue weighted by molar-refractivity contribution is 0.0808. The molecule has 1 unspecified atom stereocenters. The van der Waals surface area contributed by atoms with Crippen LogP contribution in [0.1, 0.15) is 40.4 Å². The molecule has 0 spiro atoms. The maximum atomic E-state index is 12.3. The van der Waals surface area contributed by atoms with Crippen molar-refractivity contribution in [1.82, 2.24) is 5.32 Å². The van der Waals surface area contributed by atoms with Crippen LogP contribution in [0.4, 0.5) is 0 Å². The Balaban J connectivity index is 1.62. The van der Waals surface area contributed by atoms with Gasteiger partial charge in [0, 0.05) is 24.1 Å². The number of carbonyl (C=O) groups is 1. The third-order valence-corrected chi connectivity index (χ3v) is 4.64. The third kappa shape index (κ3) is 3.44. The van der Waals surface area contributed by atoms with Gasteiger partial charge in [0.2, 0.25) is 0 Å². The number of hydrogen-bond acceptors (Lipinski definition) is 3. The quantitative estimate of drug-likeness (QED) is 0.767. The van der Waals surface area contributed by atoms with Gasteiger partial charge < -0.3 is 16.2 Å². The molecule has 23 heavy (non-hydrogen) atoms. The third-order valence-electron chi connectivity index (χ3n) is 4.64. The Morgan fingerprint density at radius 3 is 2.35 bits per heavy atom. The topological polar surface area (TPSA) is 75.4 Å². The molecule has 1 atom stereocenters. The lowest BCUT2D eigenvalue weighted by atomic mass is 9.92. The minimum Gasteiger partial charge on any atom is -0.388 e. The summed E-state index contributed by atoms with van der Waals surface area (Å²) in [5.74, 6) is -0.111. The van der Waals surface area contributed by atoms with Crippen LogP contribution in [0.5, 0.6) is 0 Å². The molecular formula is C19H22N2O2. The van der Waals surface area contributed by atoms with Crippen LogP contribution in [0.3, 0.4) is 0 Å². The van der Waals surface area contributed by atoms with Gasteiger partial charge in [0.1, 0.15) is 0 Å². The van der Waals surface area contributed by atoms with Gasteiger partial charge in [-0.1, -0.05) is 42.5 Å². The molecule has 3 rings (SSSR count). The number of carbonyl (C=O) groups excluding carboxylic acids is 1. The van der Waals surface area contributed by atoms with E-state index in [-0.39, 0.29) is 11.3 Å². The predicted molar refractivity (Wildman–Crippen MR) is 89.7 cm³/mol.